The van der Waals surface area contributed by atoms with Crippen molar-refractivity contribution < 1.29 is 8.83 Å². The number of aromatic nitrogens is 1. The van der Waals surface area contributed by atoms with E-state index < -0.39 is 0 Å². The van der Waals surface area contributed by atoms with Crippen LogP contribution >= 0.6 is 0 Å². The van der Waals surface area contributed by atoms with Gasteiger partial charge in [-0.2, -0.15) is 0 Å². The lowest BCUT2D eigenvalue weighted by atomic mass is 9.82. The second-order valence-electron chi connectivity index (χ2n) is 9.79. The van der Waals surface area contributed by atoms with Crippen molar-refractivity contribution in [1.29, 1.82) is 0 Å². The van der Waals surface area contributed by atoms with E-state index in [0.717, 1.165) is 50.3 Å². The Labute approximate surface area is 192 Å². The summed E-state index contributed by atoms with van der Waals surface area (Å²) in [5.74, 6) is 1.72. The summed E-state index contributed by atoms with van der Waals surface area (Å²) < 4.78 is 12.1. The number of benzene rings is 3. The molecule has 3 nitrogen and oxygen atoms in total. The third-order valence-corrected chi connectivity index (χ3v) is 6.32. The molecule has 162 valence electrons. The molecule has 0 saturated carbocycles. The molecule has 0 amide bonds. The molecular formula is C30H25NO2. The van der Waals surface area contributed by atoms with Gasteiger partial charge in [0.25, 0.3) is 0 Å². The maximum Gasteiger partial charge on any atom is 0.138 e. The molecule has 0 unspecified atom stereocenters. The second-order valence-corrected chi connectivity index (χ2v) is 9.79. The van der Waals surface area contributed by atoms with Crippen LogP contribution in [-0.2, 0) is 5.41 Å². The minimum atomic E-state index is 0.0155. The number of pyridine rings is 1. The van der Waals surface area contributed by atoms with Crippen molar-refractivity contribution in [3.63, 3.8) is 0 Å². The molecule has 3 heterocycles. The Hall–Kier alpha value is -3.85. The van der Waals surface area contributed by atoms with E-state index in [0.29, 0.717) is 0 Å². The summed E-state index contributed by atoms with van der Waals surface area (Å²) in [6.45, 7) is 8.74. The molecule has 0 saturated heterocycles. The number of rotatable bonds is 2. The molecule has 0 N–H and O–H groups in total. The smallest absolute Gasteiger partial charge is 0.138 e. The molecule has 0 radical (unpaired) electrons. The van der Waals surface area contributed by atoms with Crippen LogP contribution in [0.5, 0.6) is 0 Å². The molecule has 3 aromatic carbocycles. The van der Waals surface area contributed by atoms with Crippen LogP contribution < -0.4 is 0 Å². The van der Waals surface area contributed by atoms with Gasteiger partial charge < -0.3 is 8.83 Å². The van der Waals surface area contributed by atoms with Crippen LogP contribution in [0.25, 0.3) is 55.3 Å². The first-order chi connectivity index (χ1) is 15.9. The molecule has 0 fully saturated rings. The molecule has 0 spiro atoms. The van der Waals surface area contributed by atoms with E-state index in [1.165, 1.54) is 16.3 Å². The summed E-state index contributed by atoms with van der Waals surface area (Å²) in [6.07, 6.45) is 1.83. The molecule has 0 aliphatic carbocycles. The average molecular weight is 432 g/mol. The SMILES string of the molecule is Cc1cc2ccc(-c3cc4c(-c5cc(C(C)(C)C)c6ccccc6c5)nccc4o3)cc2o1. The molecule has 6 rings (SSSR count). The third-order valence-electron chi connectivity index (χ3n) is 6.32. The van der Waals surface area contributed by atoms with Crippen LogP contribution in [0.2, 0.25) is 0 Å². The minimum Gasteiger partial charge on any atom is -0.461 e. The molecule has 0 atom stereocenters. The zero-order valence-electron chi connectivity index (χ0n) is 19.3. The van der Waals surface area contributed by atoms with Gasteiger partial charge in [-0.15, -0.1) is 0 Å². The lowest BCUT2D eigenvalue weighted by Crippen LogP contribution is -2.12. The summed E-state index contributed by atoms with van der Waals surface area (Å²) in [6, 6.07) is 25.4. The predicted molar refractivity (Wildman–Crippen MR) is 136 cm³/mol. The van der Waals surface area contributed by atoms with Crippen LogP contribution in [-0.4, -0.2) is 4.98 Å². The first kappa shape index (κ1) is 19.8. The van der Waals surface area contributed by atoms with Crippen molar-refractivity contribution in [1.82, 2.24) is 4.98 Å². The fraction of sp³-hybridized carbons (Fsp3) is 0.167. The number of aryl methyl sites for hydroxylation is 1. The average Bonchev–Trinajstić information content (AvgIpc) is 3.39. The molecule has 0 aliphatic rings. The Morgan fingerprint density at radius 1 is 0.697 bits per heavy atom. The summed E-state index contributed by atoms with van der Waals surface area (Å²) in [5, 5.41) is 4.62. The molecule has 0 bridgehead atoms. The largest absolute Gasteiger partial charge is 0.461 e. The maximum absolute atomic E-state index is 6.28. The molecule has 0 aliphatic heterocycles. The Kier molecular flexibility index (Phi) is 4.25. The van der Waals surface area contributed by atoms with Crippen molar-refractivity contribution in [3.8, 4) is 22.6 Å². The Balaban J connectivity index is 1.55. The highest BCUT2D eigenvalue weighted by Crippen LogP contribution is 2.38. The third kappa shape index (κ3) is 3.32. The number of furan rings is 2. The number of fused-ring (bicyclic) bond motifs is 3. The van der Waals surface area contributed by atoms with Gasteiger partial charge in [-0.05, 0) is 65.1 Å². The van der Waals surface area contributed by atoms with Gasteiger partial charge in [-0.3, -0.25) is 4.98 Å². The normalized spacial score (nSPS) is 12.2. The van der Waals surface area contributed by atoms with Crippen LogP contribution in [0.15, 0.2) is 87.8 Å². The molecular weight excluding hydrogens is 406 g/mol. The van der Waals surface area contributed by atoms with E-state index >= 15 is 0 Å². The summed E-state index contributed by atoms with van der Waals surface area (Å²) >= 11 is 0. The van der Waals surface area contributed by atoms with Crippen molar-refractivity contribution in [3.05, 3.63) is 90.3 Å². The second kappa shape index (κ2) is 7.08. The van der Waals surface area contributed by atoms with Crippen LogP contribution in [0.4, 0.5) is 0 Å². The Morgan fingerprint density at radius 2 is 1.55 bits per heavy atom. The zero-order chi connectivity index (χ0) is 22.7. The van der Waals surface area contributed by atoms with E-state index in [1.54, 1.807) is 0 Å². The molecule has 33 heavy (non-hydrogen) atoms. The lowest BCUT2D eigenvalue weighted by Gasteiger charge is -2.22. The number of hydrogen-bond donors (Lipinski definition) is 0. The first-order valence-corrected chi connectivity index (χ1v) is 11.3. The minimum absolute atomic E-state index is 0.0155. The maximum atomic E-state index is 6.28. The fourth-order valence-corrected chi connectivity index (χ4v) is 4.72. The van der Waals surface area contributed by atoms with Gasteiger partial charge in [0.1, 0.15) is 22.7 Å². The van der Waals surface area contributed by atoms with Gasteiger partial charge in [0.2, 0.25) is 0 Å². The van der Waals surface area contributed by atoms with Gasteiger partial charge in [-0.1, -0.05) is 57.2 Å². The highest BCUT2D eigenvalue weighted by Gasteiger charge is 2.20. The fourth-order valence-electron chi connectivity index (χ4n) is 4.72. The van der Waals surface area contributed by atoms with Crippen molar-refractivity contribution in [2.24, 2.45) is 0 Å². The highest BCUT2D eigenvalue weighted by atomic mass is 16.3. The van der Waals surface area contributed by atoms with E-state index in [1.807, 2.05) is 31.3 Å². The molecule has 6 aromatic rings. The van der Waals surface area contributed by atoms with E-state index in [-0.39, 0.29) is 5.41 Å². The summed E-state index contributed by atoms with van der Waals surface area (Å²) in [7, 11) is 0. The quantitative estimate of drug-likeness (QED) is 0.275. The zero-order valence-corrected chi connectivity index (χ0v) is 19.3. The van der Waals surface area contributed by atoms with Gasteiger partial charge in [0.15, 0.2) is 0 Å². The van der Waals surface area contributed by atoms with E-state index in [4.69, 9.17) is 13.8 Å². The van der Waals surface area contributed by atoms with Gasteiger partial charge >= 0.3 is 0 Å². The standard InChI is InChI=1S/C30H25NO2/c1-18-13-20-9-10-21(16-27(20)32-18)28-17-24-26(33-28)11-12-31-29(24)22-14-19-7-5-6-8-23(19)25(15-22)30(2,3)4/h5-17H,1-4H3. The Morgan fingerprint density at radius 3 is 2.39 bits per heavy atom. The summed E-state index contributed by atoms with van der Waals surface area (Å²) in [4.78, 5) is 4.79. The number of hydrogen-bond acceptors (Lipinski definition) is 3. The van der Waals surface area contributed by atoms with Gasteiger partial charge in [-0.25, -0.2) is 0 Å². The predicted octanol–water partition coefficient (Wildman–Crippen LogP) is 8.67. The topological polar surface area (TPSA) is 39.2 Å². The lowest BCUT2D eigenvalue weighted by molar-refractivity contribution is 0.578. The van der Waals surface area contributed by atoms with Crippen molar-refractivity contribution in [2.75, 3.05) is 0 Å². The monoisotopic (exact) mass is 431 g/mol. The van der Waals surface area contributed by atoms with Gasteiger partial charge in [0.05, 0.1) is 5.69 Å². The van der Waals surface area contributed by atoms with Crippen LogP contribution in [0.3, 0.4) is 0 Å². The first-order valence-electron chi connectivity index (χ1n) is 11.3. The van der Waals surface area contributed by atoms with E-state index in [2.05, 4.69) is 75.4 Å². The summed E-state index contributed by atoms with van der Waals surface area (Å²) in [5.41, 5.74) is 6.07. The van der Waals surface area contributed by atoms with Crippen molar-refractivity contribution >= 4 is 32.7 Å². The Bertz CT molecular complexity index is 1660. The number of nitrogens with zero attached hydrogens (tertiary/aromatic N) is 1. The van der Waals surface area contributed by atoms with Crippen LogP contribution in [0, 0.1) is 6.92 Å². The van der Waals surface area contributed by atoms with Crippen LogP contribution in [0.1, 0.15) is 32.1 Å². The van der Waals surface area contributed by atoms with E-state index in [9.17, 15) is 0 Å². The molecule has 3 aromatic heterocycles. The molecule has 3 heteroatoms. The van der Waals surface area contributed by atoms with Gasteiger partial charge in [0, 0.05) is 28.1 Å². The van der Waals surface area contributed by atoms with Crippen molar-refractivity contribution in [2.45, 2.75) is 33.1 Å². The highest BCUT2D eigenvalue weighted by molar-refractivity contribution is 5.98.